The first-order valence-corrected chi connectivity index (χ1v) is 9.97. The SMILES string of the molecule is Cc1ncsc1CN1CC2(C1)OCC[C@H]2CCNC(=O)c1ccnn1C. The zero-order valence-corrected chi connectivity index (χ0v) is 16.1. The lowest BCUT2D eigenvalue weighted by Crippen LogP contribution is -2.64. The standard InChI is InChI=1S/C18H25N5O2S/c1-13-16(26-12-20-13)9-23-10-18(11-23)14(5-8-25-18)3-6-19-17(24)15-4-7-21-22(15)2/h4,7,12,14H,3,5-6,8-11H2,1-2H3,(H,19,24)/t14-/m1/s1. The van der Waals surface area contributed by atoms with Crippen LogP contribution in [0.3, 0.4) is 0 Å². The molecule has 0 aromatic carbocycles. The van der Waals surface area contributed by atoms with Crippen LogP contribution in [0.1, 0.15) is 33.9 Å². The van der Waals surface area contributed by atoms with Gasteiger partial charge in [0, 0.05) is 50.9 Å². The highest BCUT2D eigenvalue weighted by atomic mass is 32.1. The number of carbonyl (C=O) groups is 1. The van der Waals surface area contributed by atoms with Gasteiger partial charge in [-0.2, -0.15) is 5.10 Å². The summed E-state index contributed by atoms with van der Waals surface area (Å²) in [5.41, 5.74) is 3.63. The second-order valence-electron chi connectivity index (χ2n) is 7.29. The number of nitrogens with one attached hydrogen (secondary N) is 1. The van der Waals surface area contributed by atoms with Gasteiger partial charge in [0.2, 0.25) is 0 Å². The lowest BCUT2D eigenvalue weighted by Gasteiger charge is -2.50. The molecule has 8 heteroatoms. The highest BCUT2D eigenvalue weighted by Crippen LogP contribution is 2.42. The molecular formula is C18H25N5O2S. The molecule has 1 atom stereocenters. The molecule has 0 bridgehead atoms. The second-order valence-corrected chi connectivity index (χ2v) is 8.23. The van der Waals surface area contributed by atoms with Crippen LogP contribution in [-0.4, -0.2) is 57.4 Å². The molecular weight excluding hydrogens is 350 g/mol. The first-order chi connectivity index (χ1) is 12.6. The zero-order valence-electron chi connectivity index (χ0n) is 15.3. The Balaban J connectivity index is 1.26. The van der Waals surface area contributed by atoms with Crippen molar-refractivity contribution in [1.82, 2.24) is 25.0 Å². The van der Waals surface area contributed by atoms with E-state index in [0.717, 1.165) is 44.8 Å². The maximum atomic E-state index is 12.2. The van der Waals surface area contributed by atoms with Crippen molar-refractivity contribution in [3.8, 4) is 0 Å². The van der Waals surface area contributed by atoms with E-state index in [0.29, 0.717) is 18.2 Å². The molecule has 0 aliphatic carbocycles. The average molecular weight is 375 g/mol. The zero-order chi connectivity index (χ0) is 18.1. The predicted octanol–water partition coefficient (Wildman–Crippen LogP) is 1.60. The third-order valence-corrected chi connectivity index (χ3v) is 6.55. The molecule has 7 nitrogen and oxygen atoms in total. The minimum atomic E-state index is -0.0612. The van der Waals surface area contributed by atoms with Crippen molar-refractivity contribution in [3.63, 3.8) is 0 Å². The van der Waals surface area contributed by atoms with Crippen LogP contribution in [0.2, 0.25) is 0 Å². The lowest BCUT2D eigenvalue weighted by atomic mass is 9.79. The first-order valence-electron chi connectivity index (χ1n) is 9.09. The molecule has 2 saturated heterocycles. The van der Waals surface area contributed by atoms with Crippen LogP contribution in [0.15, 0.2) is 17.8 Å². The molecule has 4 rings (SSSR count). The monoisotopic (exact) mass is 375 g/mol. The van der Waals surface area contributed by atoms with Crippen LogP contribution < -0.4 is 5.32 Å². The van der Waals surface area contributed by atoms with Crippen LogP contribution >= 0.6 is 11.3 Å². The average Bonchev–Trinajstić information content (AvgIpc) is 3.29. The van der Waals surface area contributed by atoms with Crippen molar-refractivity contribution in [3.05, 3.63) is 34.0 Å². The maximum Gasteiger partial charge on any atom is 0.269 e. The Morgan fingerprint density at radius 2 is 2.35 bits per heavy atom. The van der Waals surface area contributed by atoms with Gasteiger partial charge in [0.15, 0.2) is 0 Å². The van der Waals surface area contributed by atoms with E-state index in [1.54, 1.807) is 35.3 Å². The minimum Gasteiger partial charge on any atom is -0.372 e. The fourth-order valence-electron chi connectivity index (χ4n) is 4.09. The molecule has 2 aliphatic heterocycles. The molecule has 1 N–H and O–H groups in total. The molecule has 1 spiro atoms. The summed E-state index contributed by atoms with van der Waals surface area (Å²) >= 11 is 1.73. The number of hydrogen-bond donors (Lipinski definition) is 1. The van der Waals surface area contributed by atoms with E-state index in [-0.39, 0.29) is 11.5 Å². The number of likely N-dealkylation sites (tertiary alicyclic amines) is 1. The van der Waals surface area contributed by atoms with Crippen LogP contribution in [0.4, 0.5) is 0 Å². The smallest absolute Gasteiger partial charge is 0.269 e. The molecule has 0 unspecified atom stereocenters. The predicted molar refractivity (Wildman–Crippen MR) is 99.1 cm³/mol. The normalized spacial score (nSPS) is 21.8. The summed E-state index contributed by atoms with van der Waals surface area (Å²) in [5, 5.41) is 7.06. The van der Waals surface area contributed by atoms with E-state index in [9.17, 15) is 4.79 Å². The van der Waals surface area contributed by atoms with Gasteiger partial charge in [-0.25, -0.2) is 4.98 Å². The van der Waals surface area contributed by atoms with Gasteiger partial charge < -0.3 is 10.1 Å². The van der Waals surface area contributed by atoms with Gasteiger partial charge in [-0.3, -0.25) is 14.4 Å². The van der Waals surface area contributed by atoms with Crippen LogP contribution in [0, 0.1) is 12.8 Å². The van der Waals surface area contributed by atoms with Gasteiger partial charge in [-0.05, 0) is 31.7 Å². The van der Waals surface area contributed by atoms with E-state index in [4.69, 9.17) is 4.74 Å². The summed E-state index contributed by atoms with van der Waals surface area (Å²) in [7, 11) is 1.78. The van der Waals surface area contributed by atoms with Crippen LogP contribution in [0.5, 0.6) is 0 Å². The number of ether oxygens (including phenoxy) is 1. The molecule has 140 valence electrons. The molecule has 2 aromatic rings. The Morgan fingerprint density at radius 3 is 3.04 bits per heavy atom. The van der Waals surface area contributed by atoms with Gasteiger partial charge in [-0.1, -0.05) is 0 Å². The van der Waals surface area contributed by atoms with Crippen LogP contribution in [0.25, 0.3) is 0 Å². The Kier molecular flexibility index (Phi) is 4.81. The number of amides is 1. The first kappa shape index (κ1) is 17.6. The molecule has 0 radical (unpaired) electrons. The van der Waals surface area contributed by atoms with E-state index in [1.807, 2.05) is 5.51 Å². The summed E-state index contributed by atoms with van der Waals surface area (Å²) in [5.74, 6) is 0.446. The number of carbonyl (C=O) groups excluding carboxylic acids is 1. The Hall–Kier alpha value is -1.77. The fourth-order valence-corrected chi connectivity index (χ4v) is 4.91. The number of hydrogen-bond acceptors (Lipinski definition) is 6. The van der Waals surface area contributed by atoms with Gasteiger partial charge in [0.25, 0.3) is 5.91 Å². The fraction of sp³-hybridized carbons (Fsp3) is 0.611. The minimum absolute atomic E-state index is 0.0180. The van der Waals surface area contributed by atoms with E-state index >= 15 is 0 Å². The Bertz CT molecular complexity index is 780. The highest BCUT2D eigenvalue weighted by molar-refractivity contribution is 7.09. The molecule has 0 saturated carbocycles. The van der Waals surface area contributed by atoms with Crippen molar-refractivity contribution in [2.45, 2.75) is 31.9 Å². The van der Waals surface area contributed by atoms with E-state index in [2.05, 4.69) is 27.2 Å². The second kappa shape index (κ2) is 7.09. The largest absolute Gasteiger partial charge is 0.372 e. The van der Waals surface area contributed by atoms with Crippen LogP contribution in [-0.2, 0) is 18.3 Å². The summed E-state index contributed by atoms with van der Waals surface area (Å²) in [4.78, 5) is 20.3. The van der Waals surface area contributed by atoms with Gasteiger partial charge in [-0.15, -0.1) is 11.3 Å². The van der Waals surface area contributed by atoms with Crippen molar-refractivity contribution >= 4 is 17.2 Å². The van der Waals surface area contributed by atoms with Crippen molar-refractivity contribution in [2.24, 2.45) is 13.0 Å². The van der Waals surface area contributed by atoms with Crippen molar-refractivity contribution in [1.29, 1.82) is 0 Å². The Labute approximate surface area is 157 Å². The van der Waals surface area contributed by atoms with Crippen molar-refractivity contribution in [2.75, 3.05) is 26.2 Å². The highest BCUT2D eigenvalue weighted by Gasteiger charge is 2.52. The molecule has 2 fully saturated rings. The number of nitrogens with zero attached hydrogens (tertiary/aromatic N) is 4. The maximum absolute atomic E-state index is 12.2. The third kappa shape index (κ3) is 3.28. The molecule has 4 heterocycles. The lowest BCUT2D eigenvalue weighted by molar-refractivity contribution is -0.136. The summed E-state index contributed by atoms with van der Waals surface area (Å²) in [6.07, 6.45) is 3.68. The van der Waals surface area contributed by atoms with E-state index < -0.39 is 0 Å². The van der Waals surface area contributed by atoms with Gasteiger partial charge >= 0.3 is 0 Å². The number of rotatable bonds is 6. The molecule has 1 amide bonds. The molecule has 26 heavy (non-hydrogen) atoms. The van der Waals surface area contributed by atoms with Crippen molar-refractivity contribution < 1.29 is 9.53 Å². The number of aromatic nitrogens is 3. The summed E-state index contributed by atoms with van der Waals surface area (Å²) in [6, 6.07) is 1.74. The summed E-state index contributed by atoms with van der Waals surface area (Å²) < 4.78 is 7.73. The summed E-state index contributed by atoms with van der Waals surface area (Å²) in [6.45, 7) is 6.49. The number of thiazole rings is 1. The Morgan fingerprint density at radius 1 is 1.50 bits per heavy atom. The number of aryl methyl sites for hydroxylation is 2. The topological polar surface area (TPSA) is 72.3 Å². The molecule has 2 aromatic heterocycles. The third-order valence-electron chi connectivity index (χ3n) is 5.63. The van der Waals surface area contributed by atoms with E-state index in [1.165, 1.54) is 4.88 Å². The quantitative estimate of drug-likeness (QED) is 0.830. The molecule has 2 aliphatic rings. The van der Waals surface area contributed by atoms with Gasteiger partial charge in [0.05, 0.1) is 16.8 Å². The van der Waals surface area contributed by atoms with Gasteiger partial charge in [0.1, 0.15) is 5.69 Å².